The molecule has 1 saturated carbocycles. The SMILES string of the molecule is CN(C)C1(CN2CCNCC2)CCCCCC1. The van der Waals surface area contributed by atoms with E-state index in [4.69, 9.17) is 0 Å². The maximum atomic E-state index is 3.45. The zero-order valence-corrected chi connectivity index (χ0v) is 11.7. The van der Waals surface area contributed by atoms with E-state index in [0.717, 1.165) is 0 Å². The van der Waals surface area contributed by atoms with Gasteiger partial charge in [0.15, 0.2) is 0 Å². The highest BCUT2D eigenvalue weighted by molar-refractivity contribution is 4.93. The van der Waals surface area contributed by atoms with Gasteiger partial charge in [-0.3, -0.25) is 4.90 Å². The van der Waals surface area contributed by atoms with Crippen LogP contribution in [0.25, 0.3) is 0 Å². The van der Waals surface area contributed by atoms with Gasteiger partial charge in [0, 0.05) is 38.3 Å². The number of hydrogen-bond donors (Lipinski definition) is 1. The number of nitrogens with one attached hydrogen (secondary N) is 1. The van der Waals surface area contributed by atoms with Crippen LogP contribution >= 0.6 is 0 Å². The van der Waals surface area contributed by atoms with Crippen LogP contribution in [0, 0.1) is 0 Å². The molecule has 0 amide bonds. The molecule has 0 aromatic carbocycles. The minimum Gasteiger partial charge on any atom is -0.314 e. The highest BCUT2D eigenvalue weighted by atomic mass is 15.2. The lowest BCUT2D eigenvalue weighted by molar-refractivity contribution is 0.0675. The lowest BCUT2D eigenvalue weighted by Gasteiger charge is -2.44. The zero-order chi connectivity index (χ0) is 12.1. The van der Waals surface area contributed by atoms with Crippen molar-refractivity contribution in [2.45, 2.75) is 44.1 Å². The van der Waals surface area contributed by atoms with Crippen LogP contribution in [0.1, 0.15) is 38.5 Å². The van der Waals surface area contributed by atoms with Gasteiger partial charge < -0.3 is 10.2 Å². The van der Waals surface area contributed by atoms with Crippen LogP contribution in [0.15, 0.2) is 0 Å². The first kappa shape index (κ1) is 13.3. The van der Waals surface area contributed by atoms with E-state index >= 15 is 0 Å². The van der Waals surface area contributed by atoms with Crippen molar-refractivity contribution in [2.24, 2.45) is 0 Å². The molecule has 2 fully saturated rings. The summed E-state index contributed by atoms with van der Waals surface area (Å²) < 4.78 is 0. The summed E-state index contributed by atoms with van der Waals surface area (Å²) in [5.74, 6) is 0. The Labute approximate surface area is 107 Å². The van der Waals surface area contributed by atoms with E-state index in [-0.39, 0.29) is 0 Å². The predicted molar refractivity (Wildman–Crippen MR) is 73.4 cm³/mol. The molecular weight excluding hydrogens is 210 g/mol. The smallest absolute Gasteiger partial charge is 0.0330 e. The molecule has 0 atom stereocenters. The third kappa shape index (κ3) is 3.43. The largest absolute Gasteiger partial charge is 0.314 e. The summed E-state index contributed by atoms with van der Waals surface area (Å²) in [6.45, 7) is 6.08. The second-order valence-corrected chi connectivity index (χ2v) is 6.06. The van der Waals surface area contributed by atoms with E-state index in [9.17, 15) is 0 Å². The average Bonchev–Trinajstić information content (AvgIpc) is 2.57. The maximum Gasteiger partial charge on any atom is 0.0330 e. The molecule has 1 aliphatic carbocycles. The average molecular weight is 239 g/mol. The summed E-state index contributed by atoms with van der Waals surface area (Å²) >= 11 is 0. The van der Waals surface area contributed by atoms with Crippen LogP contribution in [0.4, 0.5) is 0 Å². The summed E-state index contributed by atoms with van der Waals surface area (Å²) in [5.41, 5.74) is 0.452. The molecule has 3 heteroatoms. The molecule has 0 aromatic heterocycles. The van der Waals surface area contributed by atoms with Gasteiger partial charge in [-0.2, -0.15) is 0 Å². The molecule has 3 nitrogen and oxygen atoms in total. The Morgan fingerprint density at radius 1 is 1.00 bits per heavy atom. The number of piperazine rings is 1. The Bertz CT molecular complexity index is 214. The molecule has 0 aromatic rings. The summed E-state index contributed by atoms with van der Waals surface area (Å²) in [5, 5.41) is 3.45. The van der Waals surface area contributed by atoms with Gasteiger partial charge in [0.25, 0.3) is 0 Å². The fourth-order valence-corrected chi connectivity index (χ4v) is 3.42. The van der Waals surface area contributed by atoms with Crippen LogP contribution in [-0.2, 0) is 0 Å². The molecule has 0 spiro atoms. The van der Waals surface area contributed by atoms with Crippen molar-refractivity contribution in [3.63, 3.8) is 0 Å². The van der Waals surface area contributed by atoms with Crippen molar-refractivity contribution in [2.75, 3.05) is 46.8 Å². The first-order valence-electron chi connectivity index (χ1n) is 7.33. The van der Waals surface area contributed by atoms with Gasteiger partial charge in [-0.05, 0) is 26.9 Å². The highest BCUT2D eigenvalue weighted by Gasteiger charge is 2.35. The first-order valence-corrected chi connectivity index (χ1v) is 7.33. The molecule has 1 heterocycles. The van der Waals surface area contributed by atoms with E-state index in [2.05, 4.69) is 29.2 Å². The van der Waals surface area contributed by atoms with Gasteiger partial charge in [0.05, 0.1) is 0 Å². The molecule has 1 saturated heterocycles. The van der Waals surface area contributed by atoms with Gasteiger partial charge >= 0.3 is 0 Å². The van der Waals surface area contributed by atoms with Gasteiger partial charge in [0.1, 0.15) is 0 Å². The van der Waals surface area contributed by atoms with Crippen LogP contribution in [0.2, 0.25) is 0 Å². The summed E-state index contributed by atoms with van der Waals surface area (Å²) in [6.07, 6.45) is 8.51. The van der Waals surface area contributed by atoms with Crippen molar-refractivity contribution in [3.8, 4) is 0 Å². The quantitative estimate of drug-likeness (QED) is 0.754. The molecule has 2 rings (SSSR count). The number of rotatable bonds is 3. The van der Waals surface area contributed by atoms with Gasteiger partial charge in [-0.1, -0.05) is 25.7 Å². The third-order valence-corrected chi connectivity index (χ3v) is 4.71. The van der Waals surface area contributed by atoms with E-state index in [1.165, 1.54) is 71.2 Å². The molecule has 0 radical (unpaired) electrons. The van der Waals surface area contributed by atoms with Gasteiger partial charge in [-0.15, -0.1) is 0 Å². The maximum absolute atomic E-state index is 3.45. The monoisotopic (exact) mass is 239 g/mol. The highest BCUT2D eigenvalue weighted by Crippen LogP contribution is 2.32. The second kappa shape index (κ2) is 6.17. The van der Waals surface area contributed by atoms with Gasteiger partial charge in [-0.25, -0.2) is 0 Å². The van der Waals surface area contributed by atoms with Crippen molar-refractivity contribution >= 4 is 0 Å². The first-order chi connectivity index (χ1) is 8.23. The second-order valence-electron chi connectivity index (χ2n) is 6.06. The van der Waals surface area contributed by atoms with Crippen molar-refractivity contribution in [1.29, 1.82) is 0 Å². The topological polar surface area (TPSA) is 18.5 Å². The fraction of sp³-hybridized carbons (Fsp3) is 1.00. The molecule has 0 bridgehead atoms. The number of hydrogen-bond acceptors (Lipinski definition) is 3. The Balaban J connectivity index is 1.98. The number of nitrogens with zero attached hydrogens (tertiary/aromatic N) is 2. The Morgan fingerprint density at radius 2 is 1.59 bits per heavy atom. The Hall–Kier alpha value is -0.120. The van der Waals surface area contributed by atoms with E-state index in [1.807, 2.05) is 0 Å². The normalized spacial score (nSPS) is 27.0. The lowest BCUT2D eigenvalue weighted by Crippen LogP contribution is -2.56. The van der Waals surface area contributed by atoms with E-state index < -0.39 is 0 Å². The molecule has 2 aliphatic rings. The molecule has 1 N–H and O–H groups in total. The predicted octanol–water partition coefficient (Wildman–Crippen LogP) is 1.55. The van der Waals surface area contributed by atoms with Crippen molar-refractivity contribution in [1.82, 2.24) is 15.1 Å². The van der Waals surface area contributed by atoms with E-state index in [0.29, 0.717) is 5.54 Å². The minimum atomic E-state index is 0.452. The molecule has 100 valence electrons. The van der Waals surface area contributed by atoms with Crippen LogP contribution < -0.4 is 5.32 Å². The van der Waals surface area contributed by atoms with Crippen molar-refractivity contribution in [3.05, 3.63) is 0 Å². The number of likely N-dealkylation sites (N-methyl/N-ethyl adjacent to an activating group) is 1. The van der Waals surface area contributed by atoms with Crippen LogP contribution in [-0.4, -0.2) is 62.2 Å². The summed E-state index contributed by atoms with van der Waals surface area (Å²) in [7, 11) is 4.57. The lowest BCUT2D eigenvalue weighted by atomic mass is 9.88. The van der Waals surface area contributed by atoms with Crippen molar-refractivity contribution < 1.29 is 0 Å². The van der Waals surface area contributed by atoms with E-state index in [1.54, 1.807) is 0 Å². The summed E-state index contributed by atoms with van der Waals surface area (Å²) in [6, 6.07) is 0. The molecule has 17 heavy (non-hydrogen) atoms. The Morgan fingerprint density at radius 3 is 2.12 bits per heavy atom. The third-order valence-electron chi connectivity index (χ3n) is 4.71. The Kier molecular flexibility index (Phi) is 4.83. The zero-order valence-electron chi connectivity index (χ0n) is 11.7. The standard InChI is InChI=1S/C14H29N3/c1-16(2)14(7-5-3-4-6-8-14)13-17-11-9-15-10-12-17/h15H,3-13H2,1-2H3. The molecule has 1 aliphatic heterocycles. The minimum absolute atomic E-state index is 0.452. The fourth-order valence-electron chi connectivity index (χ4n) is 3.42. The van der Waals surface area contributed by atoms with Gasteiger partial charge in [0.2, 0.25) is 0 Å². The molecular formula is C14H29N3. The van der Waals surface area contributed by atoms with Crippen LogP contribution in [0.3, 0.4) is 0 Å². The summed E-state index contributed by atoms with van der Waals surface area (Å²) in [4.78, 5) is 5.18. The molecule has 0 unspecified atom stereocenters. The van der Waals surface area contributed by atoms with Crippen LogP contribution in [0.5, 0.6) is 0 Å².